The van der Waals surface area contributed by atoms with Crippen LogP contribution in [0.1, 0.15) is 32.4 Å². The molecule has 2 aromatic carbocycles. The molecule has 9 nitrogen and oxygen atoms in total. The summed E-state index contributed by atoms with van der Waals surface area (Å²) in [4.78, 5) is 44.9. The maximum Gasteiger partial charge on any atom is 0.264 e. The topological polar surface area (TPSA) is 88.6 Å². The van der Waals surface area contributed by atoms with Gasteiger partial charge in [-0.1, -0.05) is 18.2 Å². The Morgan fingerprint density at radius 3 is 2.50 bits per heavy atom. The van der Waals surface area contributed by atoms with Gasteiger partial charge in [-0.2, -0.15) is 0 Å². The first kappa shape index (κ1) is 20.3. The van der Waals surface area contributed by atoms with E-state index in [1.165, 1.54) is 19.1 Å². The van der Waals surface area contributed by atoms with Crippen molar-refractivity contribution in [3.63, 3.8) is 0 Å². The number of nitrogens with zero attached hydrogens (tertiary/aromatic N) is 3. The summed E-state index contributed by atoms with van der Waals surface area (Å²) < 4.78 is 16.2. The highest BCUT2D eigenvalue weighted by molar-refractivity contribution is 6.18. The van der Waals surface area contributed by atoms with Crippen molar-refractivity contribution in [2.24, 2.45) is 0 Å². The van der Waals surface area contributed by atoms with Crippen LogP contribution in [0, 0.1) is 0 Å². The molecule has 5 rings (SSSR count). The second-order valence-corrected chi connectivity index (χ2v) is 7.76. The monoisotopic (exact) mass is 437 g/mol. The third-order valence-electron chi connectivity index (χ3n) is 6.15. The van der Waals surface area contributed by atoms with Crippen LogP contribution >= 0.6 is 0 Å². The Kier molecular flexibility index (Phi) is 4.97. The van der Waals surface area contributed by atoms with Gasteiger partial charge in [0.2, 0.25) is 5.91 Å². The van der Waals surface area contributed by atoms with Gasteiger partial charge in [0.25, 0.3) is 11.8 Å². The number of hydrogen-bond donors (Lipinski definition) is 0. The minimum Gasteiger partial charge on any atom is -0.493 e. The SMILES string of the molecule is COc1ccc2c(c1OC)C(=O)N1c3ccccc3C(=O)N(CC(=O)N3CCOCC3)[C@H]21. The molecule has 0 saturated carbocycles. The van der Waals surface area contributed by atoms with Gasteiger partial charge in [0.05, 0.1) is 44.2 Å². The normalized spacial score (nSPS) is 19.4. The van der Waals surface area contributed by atoms with E-state index in [0.29, 0.717) is 60.2 Å². The van der Waals surface area contributed by atoms with Gasteiger partial charge in [0, 0.05) is 18.7 Å². The van der Waals surface area contributed by atoms with Crippen molar-refractivity contribution < 1.29 is 28.6 Å². The Balaban J connectivity index is 1.62. The molecule has 1 atom stereocenters. The van der Waals surface area contributed by atoms with Crippen molar-refractivity contribution >= 4 is 23.4 Å². The van der Waals surface area contributed by atoms with Gasteiger partial charge in [-0.05, 0) is 18.2 Å². The molecule has 0 bridgehead atoms. The van der Waals surface area contributed by atoms with Crippen molar-refractivity contribution in [1.29, 1.82) is 0 Å². The predicted octanol–water partition coefficient (Wildman–Crippen LogP) is 1.68. The van der Waals surface area contributed by atoms with Crippen LogP contribution in [0.5, 0.6) is 11.5 Å². The molecule has 0 N–H and O–H groups in total. The highest BCUT2D eigenvalue weighted by Gasteiger charge is 2.50. The molecule has 3 aliphatic rings. The summed E-state index contributed by atoms with van der Waals surface area (Å²) in [6.45, 7) is 1.75. The zero-order valence-corrected chi connectivity index (χ0v) is 17.9. The number of ether oxygens (including phenoxy) is 3. The summed E-state index contributed by atoms with van der Waals surface area (Å²) in [6, 6.07) is 10.4. The fourth-order valence-corrected chi connectivity index (χ4v) is 4.64. The molecule has 2 aromatic rings. The number of para-hydroxylation sites is 1. The molecule has 0 unspecified atom stereocenters. The average Bonchev–Trinajstić information content (AvgIpc) is 3.14. The van der Waals surface area contributed by atoms with E-state index in [1.54, 1.807) is 46.2 Å². The Morgan fingerprint density at radius 2 is 1.78 bits per heavy atom. The maximum absolute atomic E-state index is 13.6. The summed E-state index contributed by atoms with van der Waals surface area (Å²) in [6.07, 6.45) is -0.746. The highest BCUT2D eigenvalue weighted by atomic mass is 16.5. The number of carbonyl (C=O) groups excluding carboxylic acids is 3. The Morgan fingerprint density at radius 1 is 1.03 bits per heavy atom. The lowest BCUT2D eigenvalue weighted by molar-refractivity contribution is -0.136. The lowest BCUT2D eigenvalue weighted by Crippen LogP contribution is -2.53. The van der Waals surface area contributed by atoms with E-state index in [0.717, 1.165) is 0 Å². The van der Waals surface area contributed by atoms with E-state index < -0.39 is 6.17 Å². The van der Waals surface area contributed by atoms with Crippen LogP contribution < -0.4 is 14.4 Å². The van der Waals surface area contributed by atoms with Gasteiger partial charge in [-0.15, -0.1) is 0 Å². The minimum atomic E-state index is -0.746. The number of methoxy groups -OCH3 is 2. The lowest BCUT2D eigenvalue weighted by Gasteiger charge is -2.41. The summed E-state index contributed by atoms with van der Waals surface area (Å²) in [5.74, 6) is -0.0328. The van der Waals surface area contributed by atoms with Gasteiger partial charge in [-0.25, -0.2) is 0 Å². The van der Waals surface area contributed by atoms with Crippen molar-refractivity contribution in [2.45, 2.75) is 6.17 Å². The molecule has 0 spiro atoms. The molecule has 1 saturated heterocycles. The van der Waals surface area contributed by atoms with Crippen LogP contribution in [-0.2, 0) is 9.53 Å². The van der Waals surface area contributed by atoms with Crippen molar-refractivity contribution in [3.05, 3.63) is 53.1 Å². The first-order valence-electron chi connectivity index (χ1n) is 10.4. The molecular weight excluding hydrogens is 414 g/mol. The van der Waals surface area contributed by atoms with Gasteiger partial charge >= 0.3 is 0 Å². The molecule has 0 radical (unpaired) electrons. The maximum atomic E-state index is 13.6. The largest absolute Gasteiger partial charge is 0.493 e. The third-order valence-corrected chi connectivity index (χ3v) is 6.15. The molecule has 3 heterocycles. The number of amides is 3. The van der Waals surface area contributed by atoms with Gasteiger partial charge < -0.3 is 24.0 Å². The Bertz CT molecular complexity index is 1110. The molecule has 0 aliphatic carbocycles. The van der Waals surface area contributed by atoms with E-state index >= 15 is 0 Å². The molecule has 3 amide bonds. The molecule has 0 aromatic heterocycles. The fraction of sp³-hybridized carbons (Fsp3) is 0.348. The number of hydrogen-bond acceptors (Lipinski definition) is 6. The first-order chi connectivity index (χ1) is 15.6. The number of fused-ring (bicyclic) bond motifs is 5. The Labute approximate surface area is 185 Å². The molecule has 1 fully saturated rings. The second kappa shape index (κ2) is 7.83. The number of morpholine rings is 1. The van der Waals surface area contributed by atoms with Crippen LogP contribution in [0.15, 0.2) is 36.4 Å². The molecular formula is C23H23N3O6. The second-order valence-electron chi connectivity index (χ2n) is 7.76. The summed E-state index contributed by atoms with van der Waals surface area (Å²) in [7, 11) is 2.98. The Hall–Kier alpha value is -3.59. The molecule has 32 heavy (non-hydrogen) atoms. The number of rotatable bonds is 4. The van der Waals surface area contributed by atoms with Crippen LogP contribution in [0.25, 0.3) is 0 Å². The van der Waals surface area contributed by atoms with Crippen LogP contribution in [-0.4, -0.2) is 74.6 Å². The van der Waals surface area contributed by atoms with Gasteiger partial charge in [0.1, 0.15) is 12.7 Å². The lowest BCUT2D eigenvalue weighted by atomic mass is 10.0. The zero-order chi connectivity index (χ0) is 22.4. The van der Waals surface area contributed by atoms with E-state index in [4.69, 9.17) is 14.2 Å². The van der Waals surface area contributed by atoms with Crippen molar-refractivity contribution in [3.8, 4) is 11.5 Å². The predicted molar refractivity (Wildman–Crippen MR) is 114 cm³/mol. The van der Waals surface area contributed by atoms with E-state index in [1.807, 2.05) is 0 Å². The number of anilines is 1. The zero-order valence-electron chi connectivity index (χ0n) is 17.9. The summed E-state index contributed by atoms with van der Waals surface area (Å²) in [5.41, 5.74) is 1.83. The molecule has 9 heteroatoms. The smallest absolute Gasteiger partial charge is 0.264 e. The third kappa shape index (κ3) is 2.92. The van der Waals surface area contributed by atoms with Crippen molar-refractivity contribution in [1.82, 2.24) is 9.80 Å². The van der Waals surface area contributed by atoms with Crippen LogP contribution in [0.3, 0.4) is 0 Å². The van der Waals surface area contributed by atoms with E-state index in [-0.39, 0.29) is 24.3 Å². The van der Waals surface area contributed by atoms with Crippen LogP contribution in [0.4, 0.5) is 5.69 Å². The van der Waals surface area contributed by atoms with E-state index in [2.05, 4.69) is 0 Å². The van der Waals surface area contributed by atoms with E-state index in [9.17, 15) is 14.4 Å². The number of benzene rings is 2. The molecule has 3 aliphatic heterocycles. The van der Waals surface area contributed by atoms with Gasteiger partial charge in [0.15, 0.2) is 11.5 Å². The summed E-state index contributed by atoms with van der Waals surface area (Å²) in [5, 5.41) is 0. The minimum absolute atomic E-state index is 0.143. The summed E-state index contributed by atoms with van der Waals surface area (Å²) >= 11 is 0. The molecule has 166 valence electrons. The average molecular weight is 437 g/mol. The fourth-order valence-electron chi connectivity index (χ4n) is 4.64. The number of carbonyl (C=O) groups is 3. The van der Waals surface area contributed by atoms with Crippen molar-refractivity contribution in [2.75, 3.05) is 52.0 Å². The first-order valence-corrected chi connectivity index (χ1v) is 10.4. The quantitative estimate of drug-likeness (QED) is 0.723. The standard InChI is InChI=1S/C23H23N3O6/c1-30-17-8-7-15-19(20(17)31-2)23(29)26-16-6-4-3-5-14(16)22(28)25(21(15)26)13-18(27)24-9-11-32-12-10-24/h3-8,21H,9-13H2,1-2H3/t21-/m0/s1. The highest BCUT2D eigenvalue weighted by Crippen LogP contribution is 2.49. The van der Waals surface area contributed by atoms with Gasteiger partial charge in [-0.3, -0.25) is 19.3 Å². The van der Waals surface area contributed by atoms with Crippen LogP contribution in [0.2, 0.25) is 0 Å².